The molecule has 2 aromatic carbocycles. The third-order valence-electron chi connectivity index (χ3n) is 4.08. The Labute approximate surface area is 148 Å². The fraction of sp³-hybridized carbons (Fsp3) is 0.350. The predicted octanol–water partition coefficient (Wildman–Crippen LogP) is 3.68. The van der Waals surface area contributed by atoms with Crippen molar-refractivity contribution in [2.45, 2.75) is 6.92 Å². The summed E-state index contributed by atoms with van der Waals surface area (Å²) in [6, 6.07) is 14.1. The average Bonchev–Trinajstić information content (AvgIpc) is 2.68. The van der Waals surface area contributed by atoms with Gasteiger partial charge in [0.2, 0.25) is 0 Å². The van der Waals surface area contributed by atoms with Crippen LogP contribution in [-0.2, 0) is 4.74 Å². The summed E-state index contributed by atoms with van der Waals surface area (Å²) in [4.78, 5) is 6.88. The Morgan fingerprint density at radius 3 is 2.52 bits per heavy atom. The molecule has 1 fully saturated rings. The highest BCUT2D eigenvalue weighted by Crippen LogP contribution is 2.28. The van der Waals surface area contributed by atoms with Gasteiger partial charge in [0.25, 0.3) is 0 Å². The number of ether oxygens (including phenoxy) is 3. The second kappa shape index (κ2) is 8.53. The van der Waals surface area contributed by atoms with Gasteiger partial charge in [0, 0.05) is 25.0 Å². The first-order valence-corrected chi connectivity index (χ1v) is 8.58. The van der Waals surface area contributed by atoms with Gasteiger partial charge in [-0.1, -0.05) is 0 Å². The molecule has 0 atom stereocenters. The summed E-state index contributed by atoms with van der Waals surface area (Å²) >= 11 is 0. The Morgan fingerprint density at radius 1 is 1.08 bits per heavy atom. The van der Waals surface area contributed by atoms with Crippen LogP contribution >= 0.6 is 0 Å². The molecular formula is C20H24N2O3. The van der Waals surface area contributed by atoms with E-state index < -0.39 is 0 Å². The second-order valence-electron chi connectivity index (χ2n) is 5.72. The van der Waals surface area contributed by atoms with Gasteiger partial charge in [-0.25, -0.2) is 0 Å². The maximum absolute atomic E-state index is 5.60. The largest absolute Gasteiger partial charge is 0.493 e. The van der Waals surface area contributed by atoms with Gasteiger partial charge >= 0.3 is 0 Å². The minimum Gasteiger partial charge on any atom is -0.493 e. The molecule has 5 heteroatoms. The third-order valence-corrected chi connectivity index (χ3v) is 4.08. The van der Waals surface area contributed by atoms with E-state index in [2.05, 4.69) is 22.0 Å². The van der Waals surface area contributed by atoms with Crippen LogP contribution in [-0.4, -0.2) is 46.2 Å². The maximum atomic E-state index is 5.60. The zero-order chi connectivity index (χ0) is 17.5. The van der Waals surface area contributed by atoms with E-state index in [1.807, 2.05) is 43.5 Å². The molecule has 0 N–H and O–H groups in total. The Balaban J connectivity index is 1.70. The number of aliphatic imine (C=N–C) groups is 1. The van der Waals surface area contributed by atoms with E-state index in [9.17, 15) is 0 Å². The van der Waals surface area contributed by atoms with Gasteiger partial charge in [0.05, 0.1) is 32.6 Å². The first kappa shape index (κ1) is 17.3. The van der Waals surface area contributed by atoms with E-state index in [1.54, 1.807) is 7.11 Å². The summed E-state index contributed by atoms with van der Waals surface area (Å²) in [5.41, 5.74) is 3.11. The molecule has 1 aliphatic rings. The lowest BCUT2D eigenvalue weighted by Crippen LogP contribution is -2.36. The first-order valence-electron chi connectivity index (χ1n) is 8.58. The van der Waals surface area contributed by atoms with Crippen LogP contribution in [0, 0.1) is 0 Å². The number of methoxy groups -OCH3 is 1. The van der Waals surface area contributed by atoms with Gasteiger partial charge < -0.3 is 19.1 Å². The van der Waals surface area contributed by atoms with Crippen LogP contribution in [0.25, 0.3) is 0 Å². The summed E-state index contributed by atoms with van der Waals surface area (Å²) in [6.07, 6.45) is 1.84. The molecule has 2 aromatic rings. The molecule has 0 spiro atoms. The highest BCUT2D eigenvalue weighted by molar-refractivity contribution is 5.83. The van der Waals surface area contributed by atoms with Crippen LogP contribution in [0.4, 0.5) is 11.4 Å². The van der Waals surface area contributed by atoms with E-state index in [1.165, 1.54) is 5.69 Å². The van der Waals surface area contributed by atoms with Gasteiger partial charge in [-0.05, 0) is 55.0 Å². The van der Waals surface area contributed by atoms with Crippen LogP contribution in [0.5, 0.6) is 11.5 Å². The average molecular weight is 340 g/mol. The lowest BCUT2D eigenvalue weighted by Gasteiger charge is -2.28. The van der Waals surface area contributed by atoms with E-state index in [0.717, 1.165) is 49.1 Å². The van der Waals surface area contributed by atoms with Gasteiger partial charge in [-0.3, -0.25) is 4.99 Å². The molecule has 0 bridgehead atoms. The molecule has 132 valence electrons. The molecule has 3 rings (SSSR count). The van der Waals surface area contributed by atoms with Crippen molar-refractivity contribution in [2.24, 2.45) is 4.99 Å². The van der Waals surface area contributed by atoms with Gasteiger partial charge in [0.15, 0.2) is 11.5 Å². The fourth-order valence-corrected chi connectivity index (χ4v) is 2.76. The molecule has 0 aromatic heterocycles. The Morgan fingerprint density at radius 2 is 1.84 bits per heavy atom. The van der Waals surface area contributed by atoms with Crippen molar-refractivity contribution in [2.75, 3.05) is 44.9 Å². The van der Waals surface area contributed by atoms with Crippen LogP contribution in [0.3, 0.4) is 0 Å². The zero-order valence-electron chi connectivity index (χ0n) is 14.8. The molecule has 25 heavy (non-hydrogen) atoms. The molecule has 0 unspecified atom stereocenters. The van der Waals surface area contributed by atoms with Crippen molar-refractivity contribution >= 4 is 17.6 Å². The maximum Gasteiger partial charge on any atom is 0.161 e. The van der Waals surface area contributed by atoms with Crippen molar-refractivity contribution < 1.29 is 14.2 Å². The third kappa shape index (κ3) is 4.51. The van der Waals surface area contributed by atoms with Crippen LogP contribution in [0.1, 0.15) is 12.5 Å². The number of nitrogens with zero attached hydrogens (tertiary/aromatic N) is 2. The first-order chi connectivity index (χ1) is 12.3. The van der Waals surface area contributed by atoms with Crippen LogP contribution in [0.2, 0.25) is 0 Å². The summed E-state index contributed by atoms with van der Waals surface area (Å²) in [5.74, 6) is 1.46. The Kier molecular flexibility index (Phi) is 5.90. The summed E-state index contributed by atoms with van der Waals surface area (Å²) in [5, 5.41) is 0. The van der Waals surface area contributed by atoms with Crippen molar-refractivity contribution in [3.8, 4) is 11.5 Å². The highest BCUT2D eigenvalue weighted by atomic mass is 16.5. The molecule has 0 radical (unpaired) electrons. The van der Waals surface area contributed by atoms with E-state index in [0.29, 0.717) is 6.61 Å². The molecule has 1 heterocycles. The SMILES string of the molecule is CCOc1cc(C=Nc2ccc(N3CCOCC3)cc2)ccc1OC. The van der Waals surface area contributed by atoms with Crippen molar-refractivity contribution in [3.63, 3.8) is 0 Å². The Bertz CT molecular complexity index is 707. The van der Waals surface area contributed by atoms with Crippen molar-refractivity contribution in [1.82, 2.24) is 0 Å². The molecule has 0 saturated carbocycles. The summed E-state index contributed by atoms with van der Waals surface area (Å²) in [7, 11) is 1.64. The highest BCUT2D eigenvalue weighted by Gasteiger charge is 2.10. The number of hydrogen-bond donors (Lipinski definition) is 0. The molecular weight excluding hydrogens is 316 g/mol. The van der Waals surface area contributed by atoms with Gasteiger partial charge in [-0.2, -0.15) is 0 Å². The zero-order valence-corrected chi connectivity index (χ0v) is 14.8. The summed E-state index contributed by atoms with van der Waals surface area (Å²) < 4.78 is 16.3. The number of rotatable bonds is 6. The monoisotopic (exact) mass is 340 g/mol. The smallest absolute Gasteiger partial charge is 0.161 e. The standard InChI is InChI=1S/C20H24N2O3/c1-3-25-20-14-16(4-9-19(20)23-2)15-21-17-5-7-18(8-6-17)22-10-12-24-13-11-22/h4-9,14-15H,3,10-13H2,1-2H3. The molecule has 5 nitrogen and oxygen atoms in total. The lowest BCUT2D eigenvalue weighted by molar-refractivity contribution is 0.122. The van der Waals surface area contributed by atoms with E-state index >= 15 is 0 Å². The molecule has 1 saturated heterocycles. The number of anilines is 1. The summed E-state index contributed by atoms with van der Waals surface area (Å²) in [6.45, 7) is 6.01. The van der Waals surface area contributed by atoms with Crippen LogP contribution < -0.4 is 14.4 Å². The lowest BCUT2D eigenvalue weighted by atomic mass is 10.2. The molecule has 1 aliphatic heterocycles. The second-order valence-corrected chi connectivity index (χ2v) is 5.72. The number of benzene rings is 2. The quantitative estimate of drug-likeness (QED) is 0.753. The van der Waals surface area contributed by atoms with Crippen molar-refractivity contribution in [3.05, 3.63) is 48.0 Å². The minimum absolute atomic E-state index is 0.597. The van der Waals surface area contributed by atoms with Gasteiger partial charge in [0.1, 0.15) is 0 Å². The predicted molar refractivity (Wildman–Crippen MR) is 101 cm³/mol. The fourth-order valence-electron chi connectivity index (χ4n) is 2.76. The topological polar surface area (TPSA) is 43.3 Å². The minimum atomic E-state index is 0.597. The van der Waals surface area contributed by atoms with E-state index in [4.69, 9.17) is 14.2 Å². The van der Waals surface area contributed by atoms with Crippen LogP contribution in [0.15, 0.2) is 47.5 Å². The van der Waals surface area contributed by atoms with E-state index in [-0.39, 0.29) is 0 Å². The number of hydrogen-bond acceptors (Lipinski definition) is 5. The van der Waals surface area contributed by atoms with Crippen molar-refractivity contribution in [1.29, 1.82) is 0 Å². The molecule has 0 amide bonds. The Hall–Kier alpha value is -2.53. The molecule has 0 aliphatic carbocycles. The number of morpholine rings is 1. The van der Waals surface area contributed by atoms with Gasteiger partial charge in [-0.15, -0.1) is 0 Å². The normalized spacial score (nSPS) is 14.7.